The van der Waals surface area contributed by atoms with Crippen LogP contribution in [0.25, 0.3) is 0 Å². The van der Waals surface area contributed by atoms with Crippen molar-refractivity contribution in [1.82, 2.24) is 4.98 Å². The lowest BCUT2D eigenvalue weighted by Gasteiger charge is -2.20. The monoisotopic (exact) mass is 463 g/mol. The highest BCUT2D eigenvalue weighted by atomic mass is 16.5. The van der Waals surface area contributed by atoms with Crippen molar-refractivity contribution in [3.63, 3.8) is 0 Å². The fraction of sp³-hybridized carbons (Fsp3) is 0.591. The molecule has 0 radical (unpaired) electrons. The second-order valence-electron chi connectivity index (χ2n) is 7.71. The zero-order valence-electron chi connectivity index (χ0n) is 19.3. The summed E-state index contributed by atoms with van der Waals surface area (Å²) in [5, 5.41) is 26.8. The first-order valence-electron chi connectivity index (χ1n) is 10.8. The Morgan fingerprint density at radius 2 is 2.15 bits per heavy atom. The van der Waals surface area contributed by atoms with Crippen LogP contribution in [0.5, 0.6) is 0 Å². The third-order valence-corrected chi connectivity index (χ3v) is 4.79. The number of hydrogen-bond acceptors (Lipinski definition) is 6. The van der Waals surface area contributed by atoms with E-state index in [4.69, 9.17) is 20.3 Å². The number of nitriles is 1. The highest BCUT2D eigenvalue weighted by Gasteiger charge is 2.43. The molecule has 1 fully saturated rings. The van der Waals surface area contributed by atoms with Gasteiger partial charge in [-0.2, -0.15) is 10.3 Å². The first-order chi connectivity index (χ1) is 15.7. The number of amides is 1. The number of rotatable bonds is 8. The second-order valence-corrected chi connectivity index (χ2v) is 7.71. The topological polar surface area (TPSA) is 183 Å². The lowest BCUT2D eigenvalue weighted by atomic mass is 9.98. The van der Waals surface area contributed by atoms with Gasteiger partial charge in [0.25, 0.3) is 0 Å². The molecule has 1 amide bonds. The molecule has 0 bridgehead atoms. The summed E-state index contributed by atoms with van der Waals surface area (Å²) in [6.07, 6.45) is 3.67. The number of carbonyl (C=O) groups excluding carboxylic acids is 1. The predicted octanol–water partition coefficient (Wildman–Crippen LogP) is 2.69. The number of aliphatic imine (C=N–C) groups is 2. The van der Waals surface area contributed by atoms with E-state index in [1.165, 1.54) is 0 Å². The zero-order chi connectivity index (χ0) is 24.9. The number of aromatic amines is 1. The van der Waals surface area contributed by atoms with Crippen molar-refractivity contribution in [3.05, 3.63) is 23.5 Å². The van der Waals surface area contributed by atoms with Crippen molar-refractivity contribution in [2.45, 2.75) is 64.6 Å². The average Bonchev–Trinajstić information content (AvgIpc) is 3.45. The number of hydrogen-bond donors (Lipinski definition) is 4. The maximum atomic E-state index is 11.9. The van der Waals surface area contributed by atoms with Crippen molar-refractivity contribution in [1.29, 1.82) is 5.26 Å². The summed E-state index contributed by atoms with van der Waals surface area (Å²) < 4.78 is 10.8. The maximum absolute atomic E-state index is 11.9. The molecule has 2 unspecified atom stereocenters. The van der Waals surface area contributed by atoms with Crippen LogP contribution in [0.3, 0.4) is 0 Å². The van der Waals surface area contributed by atoms with Crippen molar-refractivity contribution in [3.8, 4) is 6.07 Å². The number of H-pyrrole nitrogens is 1. The first kappa shape index (κ1) is 27.8. The molecule has 5 N–H and O–H groups in total. The molecule has 1 aliphatic heterocycles. The van der Waals surface area contributed by atoms with Crippen LogP contribution >= 0.6 is 0 Å². The van der Waals surface area contributed by atoms with Crippen LogP contribution in [0.2, 0.25) is 0 Å². The van der Waals surface area contributed by atoms with Crippen molar-refractivity contribution < 1.29 is 29.3 Å². The predicted molar refractivity (Wildman–Crippen MR) is 122 cm³/mol. The Balaban J connectivity index is 0.000000801. The van der Waals surface area contributed by atoms with E-state index in [1.54, 1.807) is 26.0 Å². The number of carboxylic acid groups (broad SMARTS) is 1. The van der Waals surface area contributed by atoms with E-state index >= 15 is 0 Å². The van der Waals surface area contributed by atoms with E-state index < -0.39 is 17.7 Å². The molecule has 2 atom stereocenters. The number of nitrogens with one attached hydrogen (secondary N) is 1. The normalized spacial score (nSPS) is 20.4. The van der Waals surface area contributed by atoms with Gasteiger partial charge >= 0.3 is 12.1 Å². The Hall–Kier alpha value is -3.23. The molecule has 11 heteroatoms. The summed E-state index contributed by atoms with van der Waals surface area (Å²) >= 11 is 0. The van der Waals surface area contributed by atoms with Crippen LogP contribution < -0.4 is 5.73 Å². The molecule has 1 aliphatic rings. The number of amidine groups is 1. The zero-order valence-corrected chi connectivity index (χ0v) is 19.3. The van der Waals surface area contributed by atoms with Gasteiger partial charge in [-0.25, -0.2) is 9.79 Å². The molecule has 1 aromatic heterocycles. The fourth-order valence-electron chi connectivity index (χ4n) is 2.86. The van der Waals surface area contributed by atoms with Crippen LogP contribution in [0.4, 0.5) is 4.79 Å². The van der Waals surface area contributed by atoms with Gasteiger partial charge in [0, 0.05) is 0 Å². The van der Waals surface area contributed by atoms with E-state index in [1.807, 2.05) is 0 Å². The standard InChI is InChI=1S/C18H25N5O4.C4H8O2/c1-2-3-4-9-26-17(25)23-16(21-12-20)14-5-6-15(22-14)18(11-19)8-7-13(10-24)27-18;1-3(2)4(5)6/h5-6,12-13,22,24H,2-4,7-10H2,1H3,(H2,20,21,23,25);3H,1-2H3,(H,5,6). The van der Waals surface area contributed by atoms with Crippen molar-refractivity contribution in [2.24, 2.45) is 21.6 Å². The summed E-state index contributed by atoms with van der Waals surface area (Å²) in [6.45, 7) is 5.48. The molecule has 1 aromatic rings. The van der Waals surface area contributed by atoms with E-state index in [0.717, 1.165) is 25.6 Å². The van der Waals surface area contributed by atoms with Gasteiger partial charge in [-0.05, 0) is 31.4 Å². The smallest absolute Gasteiger partial charge is 0.435 e. The SMILES string of the molecule is CC(C)C(=O)O.CCCCCOC(=O)/N=C(\N=CN)c1ccc(C2(C#N)CCC(CO)O2)[nH]1. The molecule has 182 valence electrons. The number of ether oxygens (including phenoxy) is 2. The number of carbonyl (C=O) groups is 2. The largest absolute Gasteiger partial charge is 0.481 e. The number of aliphatic carboxylic acids is 1. The minimum absolute atomic E-state index is 0.0500. The van der Waals surface area contributed by atoms with E-state index in [2.05, 4.69) is 28.0 Å². The average molecular weight is 464 g/mol. The molecule has 33 heavy (non-hydrogen) atoms. The molecule has 0 aliphatic carbocycles. The van der Waals surface area contributed by atoms with E-state index in [0.29, 0.717) is 30.8 Å². The van der Waals surface area contributed by atoms with Crippen LogP contribution in [0.15, 0.2) is 22.1 Å². The van der Waals surface area contributed by atoms with Gasteiger partial charge in [0.05, 0.1) is 43.0 Å². The van der Waals surface area contributed by atoms with E-state index in [9.17, 15) is 20.0 Å². The van der Waals surface area contributed by atoms with E-state index in [-0.39, 0.29) is 24.5 Å². The number of aromatic nitrogens is 1. The molecule has 2 rings (SSSR count). The molecule has 1 saturated heterocycles. The molecule has 11 nitrogen and oxygen atoms in total. The van der Waals surface area contributed by atoms with Crippen molar-refractivity contribution in [2.75, 3.05) is 13.2 Å². The van der Waals surface area contributed by atoms with Gasteiger partial charge in [-0.15, -0.1) is 0 Å². The number of nitrogens with two attached hydrogens (primary N) is 1. The van der Waals surface area contributed by atoms with Gasteiger partial charge in [0.1, 0.15) is 6.07 Å². The molecular weight excluding hydrogens is 430 g/mol. The number of unbranched alkanes of at least 4 members (excludes halogenated alkanes) is 2. The van der Waals surface area contributed by atoms with Gasteiger partial charge in [-0.1, -0.05) is 33.6 Å². The Kier molecular flexibility index (Phi) is 11.8. The van der Waals surface area contributed by atoms with Crippen LogP contribution in [-0.4, -0.2) is 58.8 Å². The minimum atomic E-state index is -1.18. The molecule has 0 spiro atoms. The number of aliphatic hydroxyl groups is 1. The number of carboxylic acids is 1. The Labute approximate surface area is 193 Å². The third-order valence-electron chi connectivity index (χ3n) is 4.79. The second kappa shape index (κ2) is 14.0. The maximum Gasteiger partial charge on any atom is 0.435 e. The van der Waals surface area contributed by atoms with Crippen LogP contribution in [0, 0.1) is 17.2 Å². The number of aliphatic hydroxyl groups excluding tert-OH is 1. The Morgan fingerprint density at radius 3 is 2.67 bits per heavy atom. The lowest BCUT2D eigenvalue weighted by Crippen LogP contribution is -2.26. The summed E-state index contributed by atoms with van der Waals surface area (Å²) in [5.74, 6) is -0.922. The van der Waals surface area contributed by atoms with Crippen LogP contribution in [-0.2, 0) is 19.9 Å². The lowest BCUT2D eigenvalue weighted by molar-refractivity contribution is -0.140. The van der Waals surface area contributed by atoms with Gasteiger partial charge in [-0.3, -0.25) is 4.79 Å². The molecule has 0 saturated carbocycles. The highest BCUT2D eigenvalue weighted by molar-refractivity contribution is 6.05. The third kappa shape index (κ3) is 8.67. The molecule has 0 aromatic carbocycles. The Morgan fingerprint density at radius 1 is 1.45 bits per heavy atom. The first-order valence-corrected chi connectivity index (χ1v) is 10.8. The van der Waals surface area contributed by atoms with Gasteiger partial charge in [0.2, 0.25) is 0 Å². The highest BCUT2D eigenvalue weighted by Crippen LogP contribution is 2.38. The quantitative estimate of drug-likeness (QED) is 0.257. The Bertz CT molecular complexity index is 873. The molecular formula is C22H33N5O6. The summed E-state index contributed by atoms with van der Waals surface area (Å²) in [5.41, 5.74) is 5.09. The van der Waals surface area contributed by atoms with Crippen molar-refractivity contribution >= 4 is 24.2 Å². The van der Waals surface area contributed by atoms with Gasteiger partial charge in [0.15, 0.2) is 11.4 Å². The summed E-state index contributed by atoms with van der Waals surface area (Å²) in [7, 11) is 0. The summed E-state index contributed by atoms with van der Waals surface area (Å²) in [4.78, 5) is 32.3. The minimum Gasteiger partial charge on any atom is -0.481 e. The fourth-order valence-corrected chi connectivity index (χ4v) is 2.86. The summed E-state index contributed by atoms with van der Waals surface area (Å²) in [6, 6.07) is 5.48. The van der Waals surface area contributed by atoms with Crippen LogP contribution in [0.1, 0.15) is 64.3 Å². The van der Waals surface area contributed by atoms with Gasteiger partial charge < -0.3 is 30.4 Å². The molecule has 2 heterocycles. The number of nitrogens with zero attached hydrogens (tertiary/aromatic N) is 3.